The third-order valence-electron chi connectivity index (χ3n) is 5.96. The average molecular weight is 624 g/mol. The Morgan fingerprint density at radius 1 is 0.814 bits per heavy atom. The molecule has 0 aliphatic rings. The summed E-state index contributed by atoms with van der Waals surface area (Å²) in [6.45, 7) is 1.63. The molecule has 0 heterocycles. The predicted octanol–water partition coefficient (Wildman–Crippen LogP) is 7.89. The Hall–Kier alpha value is -4.54. The normalized spacial score (nSPS) is 12.3. The van der Waals surface area contributed by atoms with Crippen molar-refractivity contribution < 1.29 is 27.6 Å². The molecule has 220 valence electrons. The van der Waals surface area contributed by atoms with Gasteiger partial charge in [0.15, 0.2) is 0 Å². The minimum absolute atomic E-state index is 0.00881. The molecule has 11 heteroatoms. The maximum Gasteiger partial charge on any atom is 0.416 e. The van der Waals surface area contributed by atoms with E-state index in [9.17, 15) is 27.6 Å². The molecule has 3 N–H and O–H groups in total. The fraction of sp³-hybridized carbons (Fsp3) is 0.0938. The topological polar surface area (TPSA) is 87.3 Å². The molecule has 0 bridgehead atoms. The summed E-state index contributed by atoms with van der Waals surface area (Å²) in [5.74, 6) is -1.48. The van der Waals surface area contributed by atoms with Crippen molar-refractivity contribution in [2.45, 2.75) is 23.2 Å². The maximum absolute atomic E-state index is 13.2. The van der Waals surface area contributed by atoms with E-state index in [2.05, 4.69) is 16.0 Å². The summed E-state index contributed by atoms with van der Waals surface area (Å²) in [6.07, 6.45) is -2.99. The summed E-state index contributed by atoms with van der Waals surface area (Å²) >= 11 is 7.17. The van der Waals surface area contributed by atoms with Crippen LogP contribution >= 0.6 is 23.4 Å². The zero-order valence-corrected chi connectivity index (χ0v) is 24.2. The van der Waals surface area contributed by atoms with E-state index in [1.54, 1.807) is 85.8 Å². The van der Waals surface area contributed by atoms with E-state index < -0.39 is 34.7 Å². The van der Waals surface area contributed by atoms with Gasteiger partial charge >= 0.3 is 6.18 Å². The number of carbonyl (C=O) groups excluding carboxylic acids is 3. The molecule has 6 nitrogen and oxygen atoms in total. The van der Waals surface area contributed by atoms with Gasteiger partial charge in [0, 0.05) is 26.9 Å². The van der Waals surface area contributed by atoms with Gasteiger partial charge in [0.1, 0.15) is 5.70 Å². The summed E-state index contributed by atoms with van der Waals surface area (Å²) in [5.41, 5.74) is 0.666. The molecule has 0 spiro atoms. The van der Waals surface area contributed by atoms with Gasteiger partial charge in [0.25, 0.3) is 11.8 Å². The number of rotatable bonds is 9. The van der Waals surface area contributed by atoms with Crippen molar-refractivity contribution >= 4 is 58.5 Å². The van der Waals surface area contributed by atoms with Crippen molar-refractivity contribution in [2.24, 2.45) is 0 Å². The van der Waals surface area contributed by atoms with Gasteiger partial charge < -0.3 is 16.0 Å². The third kappa shape index (κ3) is 9.22. The largest absolute Gasteiger partial charge is 0.416 e. The van der Waals surface area contributed by atoms with E-state index >= 15 is 0 Å². The minimum atomic E-state index is -4.52. The van der Waals surface area contributed by atoms with Crippen LogP contribution in [0.2, 0.25) is 5.02 Å². The Balaban J connectivity index is 1.41. The van der Waals surface area contributed by atoms with Gasteiger partial charge in [-0.1, -0.05) is 48.0 Å². The molecule has 43 heavy (non-hydrogen) atoms. The van der Waals surface area contributed by atoms with Crippen molar-refractivity contribution in [2.75, 3.05) is 10.6 Å². The second-order valence-corrected chi connectivity index (χ2v) is 11.1. The van der Waals surface area contributed by atoms with Crippen LogP contribution in [0.15, 0.2) is 114 Å². The molecule has 0 saturated heterocycles. The summed E-state index contributed by atoms with van der Waals surface area (Å²) in [7, 11) is 0. The lowest BCUT2D eigenvalue weighted by atomic mass is 10.1. The van der Waals surface area contributed by atoms with Gasteiger partial charge in [-0.2, -0.15) is 13.2 Å². The average Bonchev–Trinajstić information content (AvgIpc) is 2.99. The lowest BCUT2D eigenvalue weighted by Gasteiger charge is -2.14. The molecule has 4 aromatic carbocycles. The lowest BCUT2D eigenvalue weighted by Crippen LogP contribution is -2.30. The molecule has 4 aromatic rings. The molecule has 1 unspecified atom stereocenters. The molecule has 1 atom stereocenters. The van der Waals surface area contributed by atoms with Crippen molar-refractivity contribution in [3.05, 3.63) is 131 Å². The standard InChI is InChI=1S/C32H25ClF3N3O3S/c1-20(29(40)38-26-9-5-8-23(19-26)32(34,35)36)43-27-16-14-25(15-17-27)37-31(42)28(18-21-10-12-24(33)13-11-21)39-30(41)22-6-3-2-4-7-22/h2-20H,1H3,(H,37,42)(H,38,40)(H,39,41)/b28-18-. The fourth-order valence-corrected chi connectivity index (χ4v) is 4.75. The molecule has 3 amide bonds. The zero-order chi connectivity index (χ0) is 31.0. The first kappa shape index (κ1) is 31.4. The van der Waals surface area contributed by atoms with Crippen LogP contribution in [0.1, 0.15) is 28.4 Å². The van der Waals surface area contributed by atoms with Crippen molar-refractivity contribution in [1.29, 1.82) is 0 Å². The predicted molar refractivity (Wildman–Crippen MR) is 164 cm³/mol. The molecule has 0 saturated carbocycles. The smallest absolute Gasteiger partial charge is 0.325 e. The Morgan fingerprint density at radius 3 is 2.14 bits per heavy atom. The van der Waals surface area contributed by atoms with Gasteiger partial charge in [-0.15, -0.1) is 11.8 Å². The van der Waals surface area contributed by atoms with Crippen molar-refractivity contribution in [3.8, 4) is 0 Å². The van der Waals surface area contributed by atoms with Gasteiger partial charge in [-0.3, -0.25) is 14.4 Å². The maximum atomic E-state index is 13.2. The number of alkyl halides is 3. The number of carbonyl (C=O) groups is 3. The number of halogens is 4. The van der Waals surface area contributed by atoms with Gasteiger partial charge in [-0.05, 0) is 85.3 Å². The highest BCUT2D eigenvalue weighted by Gasteiger charge is 2.30. The number of amides is 3. The van der Waals surface area contributed by atoms with Crippen LogP contribution < -0.4 is 16.0 Å². The van der Waals surface area contributed by atoms with Crippen LogP contribution in [-0.2, 0) is 15.8 Å². The van der Waals surface area contributed by atoms with E-state index in [-0.39, 0.29) is 11.4 Å². The van der Waals surface area contributed by atoms with E-state index in [4.69, 9.17) is 11.6 Å². The molecule has 4 rings (SSSR count). The second-order valence-electron chi connectivity index (χ2n) is 9.24. The van der Waals surface area contributed by atoms with E-state index in [1.807, 2.05) is 0 Å². The molecule has 0 aliphatic heterocycles. The summed E-state index contributed by atoms with van der Waals surface area (Å²) < 4.78 is 38.9. The Labute approximate surface area is 255 Å². The number of nitrogens with one attached hydrogen (secondary N) is 3. The highest BCUT2D eigenvalue weighted by molar-refractivity contribution is 8.00. The summed E-state index contributed by atoms with van der Waals surface area (Å²) in [6, 6.07) is 26.3. The summed E-state index contributed by atoms with van der Waals surface area (Å²) in [5, 5.41) is 7.83. The van der Waals surface area contributed by atoms with Gasteiger partial charge in [0.2, 0.25) is 5.91 Å². The zero-order valence-electron chi connectivity index (χ0n) is 22.6. The number of benzene rings is 4. The van der Waals surface area contributed by atoms with Crippen molar-refractivity contribution in [3.63, 3.8) is 0 Å². The number of hydrogen-bond donors (Lipinski definition) is 3. The first-order valence-electron chi connectivity index (χ1n) is 12.9. The molecule has 0 radical (unpaired) electrons. The Bertz CT molecular complexity index is 1630. The highest BCUT2D eigenvalue weighted by atomic mass is 35.5. The number of thioether (sulfide) groups is 1. The van der Waals surface area contributed by atoms with Crippen LogP contribution in [0.4, 0.5) is 24.5 Å². The first-order chi connectivity index (χ1) is 20.5. The van der Waals surface area contributed by atoms with Gasteiger partial charge in [-0.25, -0.2) is 0 Å². The van der Waals surface area contributed by atoms with E-state index in [1.165, 1.54) is 30.0 Å². The molecule has 0 aromatic heterocycles. The molecular weight excluding hydrogens is 599 g/mol. The second kappa shape index (κ2) is 14.1. The Kier molecular flexibility index (Phi) is 10.3. The monoisotopic (exact) mass is 623 g/mol. The van der Waals surface area contributed by atoms with E-state index in [0.717, 1.165) is 12.1 Å². The molecular formula is C32H25ClF3N3O3S. The fourth-order valence-electron chi connectivity index (χ4n) is 3.76. The Morgan fingerprint density at radius 2 is 1.49 bits per heavy atom. The third-order valence-corrected chi connectivity index (χ3v) is 7.33. The molecule has 0 aliphatic carbocycles. The van der Waals surface area contributed by atoms with Crippen LogP contribution in [0, 0.1) is 0 Å². The van der Waals surface area contributed by atoms with Crippen LogP contribution in [0.3, 0.4) is 0 Å². The number of anilines is 2. The SMILES string of the molecule is CC(Sc1ccc(NC(=O)/C(=C/c2ccc(Cl)cc2)NC(=O)c2ccccc2)cc1)C(=O)Nc1cccc(C(F)(F)F)c1. The van der Waals surface area contributed by atoms with Crippen LogP contribution in [0.25, 0.3) is 6.08 Å². The van der Waals surface area contributed by atoms with Gasteiger partial charge in [0.05, 0.1) is 10.8 Å². The highest BCUT2D eigenvalue weighted by Crippen LogP contribution is 2.31. The number of hydrogen-bond acceptors (Lipinski definition) is 4. The lowest BCUT2D eigenvalue weighted by molar-refractivity contribution is -0.137. The van der Waals surface area contributed by atoms with Crippen LogP contribution in [0.5, 0.6) is 0 Å². The van der Waals surface area contributed by atoms with Crippen LogP contribution in [-0.4, -0.2) is 23.0 Å². The van der Waals surface area contributed by atoms with E-state index in [0.29, 0.717) is 26.7 Å². The summed E-state index contributed by atoms with van der Waals surface area (Å²) in [4.78, 5) is 39.3. The van der Waals surface area contributed by atoms with Crippen molar-refractivity contribution in [1.82, 2.24) is 5.32 Å². The first-order valence-corrected chi connectivity index (χ1v) is 14.1. The molecule has 0 fully saturated rings. The quantitative estimate of drug-likeness (QED) is 0.131. The minimum Gasteiger partial charge on any atom is -0.325 e.